The van der Waals surface area contributed by atoms with Crippen molar-refractivity contribution in [3.05, 3.63) is 96.1 Å². The molecule has 1 aromatic heterocycles. The molecule has 4 rings (SSSR count). The number of amides is 1. The maximum atomic E-state index is 13.3. The van der Waals surface area contributed by atoms with Crippen LogP contribution in [0, 0.1) is 5.82 Å². The topological polar surface area (TPSA) is 46.9 Å². The number of rotatable bonds is 7. The molecule has 4 aromatic rings. The van der Waals surface area contributed by atoms with Crippen molar-refractivity contribution in [2.24, 2.45) is 0 Å². The number of nitrogens with one attached hydrogen (secondary N) is 1. The lowest BCUT2D eigenvalue weighted by molar-refractivity contribution is -0.119. The van der Waals surface area contributed by atoms with Gasteiger partial charge >= 0.3 is 0 Å². The van der Waals surface area contributed by atoms with Gasteiger partial charge in [0.25, 0.3) is 0 Å². The first-order valence-corrected chi connectivity index (χ1v) is 10.2. The predicted molar refractivity (Wildman–Crippen MR) is 118 cm³/mol. The molecule has 1 heterocycles. The van der Waals surface area contributed by atoms with E-state index in [1.165, 1.54) is 12.1 Å². The first-order valence-electron chi connectivity index (χ1n) is 10.2. The average molecular weight is 401 g/mol. The molecule has 30 heavy (non-hydrogen) atoms. The molecular formula is C25H24FN3O. The molecule has 0 fully saturated rings. The van der Waals surface area contributed by atoms with Gasteiger partial charge in [0.05, 0.1) is 11.0 Å². The van der Waals surface area contributed by atoms with Crippen molar-refractivity contribution in [1.29, 1.82) is 0 Å². The Hall–Kier alpha value is -3.47. The van der Waals surface area contributed by atoms with E-state index in [2.05, 4.69) is 28.9 Å². The van der Waals surface area contributed by atoms with Crippen LogP contribution in [0.4, 0.5) is 10.1 Å². The Balaban J connectivity index is 1.74. The lowest BCUT2D eigenvalue weighted by atomic mass is 10.1. The summed E-state index contributed by atoms with van der Waals surface area (Å²) in [6, 6.07) is 23.5. The highest BCUT2D eigenvalue weighted by atomic mass is 19.1. The monoisotopic (exact) mass is 401 g/mol. The molecule has 0 unspecified atom stereocenters. The summed E-state index contributed by atoms with van der Waals surface area (Å²) in [6.45, 7) is 2.06. The standard InChI is InChI=1S/C25H24FN3O/c1-2-8-23(25(30)27-20-15-13-19(26)14-16-20)29-22-12-7-6-11-21(22)28-24(29)17-18-9-4-3-5-10-18/h3-7,9-16,23H,2,8,17H2,1H3,(H,27,30)/t23-/m0/s1. The molecule has 0 saturated heterocycles. The number of anilines is 1. The van der Waals surface area contributed by atoms with E-state index in [1.54, 1.807) is 12.1 Å². The summed E-state index contributed by atoms with van der Waals surface area (Å²) in [4.78, 5) is 18.1. The minimum Gasteiger partial charge on any atom is -0.324 e. The number of aromatic nitrogens is 2. The molecule has 4 nitrogen and oxygen atoms in total. The molecule has 5 heteroatoms. The van der Waals surface area contributed by atoms with Crippen molar-refractivity contribution in [2.75, 3.05) is 5.32 Å². The van der Waals surface area contributed by atoms with E-state index in [1.807, 2.05) is 42.5 Å². The van der Waals surface area contributed by atoms with Gasteiger partial charge < -0.3 is 9.88 Å². The molecule has 1 atom stereocenters. The van der Waals surface area contributed by atoms with Crippen molar-refractivity contribution in [1.82, 2.24) is 9.55 Å². The molecule has 0 radical (unpaired) electrons. The summed E-state index contributed by atoms with van der Waals surface area (Å²) in [6.07, 6.45) is 2.16. The molecule has 3 aromatic carbocycles. The van der Waals surface area contributed by atoms with Crippen LogP contribution < -0.4 is 5.32 Å². The maximum absolute atomic E-state index is 13.3. The number of imidazole rings is 1. The summed E-state index contributed by atoms with van der Waals surface area (Å²) in [5.41, 5.74) is 3.54. The highest BCUT2D eigenvalue weighted by molar-refractivity contribution is 5.95. The quantitative estimate of drug-likeness (QED) is 0.429. The van der Waals surface area contributed by atoms with E-state index in [9.17, 15) is 9.18 Å². The van der Waals surface area contributed by atoms with Gasteiger partial charge in [-0.15, -0.1) is 0 Å². The molecule has 0 aliphatic heterocycles. The summed E-state index contributed by atoms with van der Waals surface area (Å²) in [7, 11) is 0. The summed E-state index contributed by atoms with van der Waals surface area (Å²) in [5, 5.41) is 2.94. The van der Waals surface area contributed by atoms with Crippen LogP contribution in [0.25, 0.3) is 11.0 Å². The third kappa shape index (κ3) is 4.25. The van der Waals surface area contributed by atoms with Crippen LogP contribution in [0.15, 0.2) is 78.9 Å². The van der Waals surface area contributed by atoms with Gasteiger partial charge in [0, 0.05) is 12.1 Å². The van der Waals surface area contributed by atoms with Gasteiger partial charge in [-0.1, -0.05) is 55.8 Å². The average Bonchev–Trinajstić information content (AvgIpc) is 3.12. The zero-order valence-electron chi connectivity index (χ0n) is 16.9. The molecule has 0 aliphatic rings. The Bertz CT molecular complexity index is 1140. The van der Waals surface area contributed by atoms with Gasteiger partial charge in [-0.3, -0.25) is 4.79 Å². The van der Waals surface area contributed by atoms with Crippen molar-refractivity contribution < 1.29 is 9.18 Å². The molecule has 0 spiro atoms. The fraction of sp³-hybridized carbons (Fsp3) is 0.200. The highest BCUT2D eigenvalue weighted by Crippen LogP contribution is 2.27. The van der Waals surface area contributed by atoms with Crippen molar-refractivity contribution in [3.63, 3.8) is 0 Å². The summed E-state index contributed by atoms with van der Waals surface area (Å²) in [5.74, 6) is 0.403. The van der Waals surface area contributed by atoms with Crippen LogP contribution in [0.1, 0.15) is 37.2 Å². The molecule has 1 N–H and O–H groups in total. The second-order valence-electron chi connectivity index (χ2n) is 7.35. The molecule has 0 aliphatic carbocycles. The lowest BCUT2D eigenvalue weighted by Crippen LogP contribution is -2.27. The van der Waals surface area contributed by atoms with E-state index in [4.69, 9.17) is 4.98 Å². The molecule has 0 bridgehead atoms. The maximum Gasteiger partial charge on any atom is 0.247 e. The second kappa shape index (κ2) is 8.91. The molecule has 0 saturated carbocycles. The number of hydrogen-bond donors (Lipinski definition) is 1. The Labute approximate surface area is 175 Å². The number of para-hydroxylation sites is 2. The van der Waals surface area contributed by atoms with Crippen molar-refractivity contribution >= 4 is 22.6 Å². The van der Waals surface area contributed by atoms with Crippen LogP contribution >= 0.6 is 0 Å². The van der Waals surface area contributed by atoms with Crippen LogP contribution in [-0.2, 0) is 11.2 Å². The number of carbonyl (C=O) groups is 1. The normalized spacial score (nSPS) is 12.1. The van der Waals surface area contributed by atoms with E-state index in [0.29, 0.717) is 18.5 Å². The Morgan fingerprint density at radius 1 is 1.00 bits per heavy atom. The lowest BCUT2D eigenvalue weighted by Gasteiger charge is -2.21. The highest BCUT2D eigenvalue weighted by Gasteiger charge is 2.25. The smallest absolute Gasteiger partial charge is 0.247 e. The van der Waals surface area contributed by atoms with Crippen LogP contribution in [-0.4, -0.2) is 15.5 Å². The minimum atomic E-state index is -0.411. The van der Waals surface area contributed by atoms with Crippen LogP contribution in [0.5, 0.6) is 0 Å². The number of hydrogen-bond acceptors (Lipinski definition) is 2. The zero-order chi connectivity index (χ0) is 20.9. The molecule has 1 amide bonds. The second-order valence-corrected chi connectivity index (χ2v) is 7.35. The Morgan fingerprint density at radius 3 is 2.43 bits per heavy atom. The third-order valence-electron chi connectivity index (χ3n) is 5.16. The number of halogens is 1. The minimum absolute atomic E-state index is 0.124. The number of benzene rings is 3. The third-order valence-corrected chi connectivity index (χ3v) is 5.16. The molecular weight excluding hydrogens is 377 g/mol. The van der Waals surface area contributed by atoms with Gasteiger partial charge in [-0.2, -0.15) is 0 Å². The van der Waals surface area contributed by atoms with Crippen molar-refractivity contribution in [2.45, 2.75) is 32.2 Å². The first kappa shape index (κ1) is 19.8. The van der Waals surface area contributed by atoms with E-state index >= 15 is 0 Å². The van der Waals surface area contributed by atoms with Crippen LogP contribution in [0.2, 0.25) is 0 Å². The van der Waals surface area contributed by atoms with Gasteiger partial charge in [-0.25, -0.2) is 9.37 Å². The SMILES string of the molecule is CCC[C@@H](C(=O)Nc1ccc(F)cc1)n1c(Cc2ccccc2)nc2ccccc21. The van der Waals surface area contributed by atoms with E-state index in [0.717, 1.165) is 28.8 Å². The van der Waals surface area contributed by atoms with Crippen LogP contribution in [0.3, 0.4) is 0 Å². The summed E-state index contributed by atoms with van der Waals surface area (Å²) >= 11 is 0. The number of fused-ring (bicyclic) bond motifs is 1. The zero-order valence-corrected chi connectivity index (χ0v) is 16.9. The Morgan fingerprint density at radius 2 is 1.70 bits per heavy atom. The van der Waals surface area contributed by atoms with Gasteiger partial charge in [0.1, 0.15) is 17.7 Å². The Kier molecular flexibility index (Phi) is 5.89. The first-order chi connectivity index (χ1) is 14.7. The fourth-order valence-corrected chi connectivity index (χ4v) is 3.75. The number of nitrogens with zero attached hydrogens (tertiary/aromatic N) is 2. The van der Waals surface area contributed by atoms with Gasteiger partial charge in [0.15, 0.2) is 0 Å². The van der Waals surface area contributed by atoms with E-state index in [-0.39, 0.29) is 11.7 Å². The predicted octanol–water partition coefficient (Wildman–Crippen LogP) is 5.75. The largest absolute Gasteiger partial charge is 0.324 e. The van der Waals surface area contributed by atoms with Crippen molar-refractivity contribution in [3.8, 4) is 0 Å². The number of carbonyl (C=O) groups excluding carboxylic acids is 1. The van der Waals surface area contributed by atoms with Gasteiger partial charge in [-0.05, 0) is 48.4 Å². The summed E-state index contributed by atoms with van der Waals surface area (Å²) < 4.78 is 15.3. The van der Waals surface area contributed by atoms with E-state index < -0.39 is 6.04 Å². The molecule has 152 valence electrons. The van der Waals surface area contributed by atoms with Gasteiger partial charge in [0.2, 0.25) is 5.91 Å². The fourth-order valence-electron chi connectivity index (χ4n) is 3.75.